The third-order valence-electron chi connectivity index (χ3n) is 7.81. The number of aromatic hydroxyl groups is 1. The van der Waals surface area contributed by atoms with Crippen molar-refractivity contribution in [2.75, 3.05) is 0 Å². The van der Waals surface area contributed by atoms with Gasteiger partial charge in [-0.25, -0.2) is 4.79 Å². The molecule has 31 heavy (non-hydrogen) atoms. The van der Waals surface area contributed by atoms with Gasteiger partial charge < -0.3 is 24.4 Å². The molecule has 7 heteroatoms. The predicted molar refractivity (Wildman–Crippen MR) is 111 cm³/mol. The van der Waals surface area contributed by atoms with Crippen molar-refractivity contribution in [3.63, 3.8) is 0 Å². The van der Waals surface area contributed by atoms with E-state index in [1.54, 1.807) is 0 Å². The Morgan fingerprint density at radius 2 is 1.74 bits per heavy atom. The maximum atomic E-state index is 13.0. The molecule has 0 radical (unpaired) electrons. The van der Waals surface area contributed by atoms with Gasteiger partial charge >= 0.3 is 11.9 Å². The van der Waals surface area contributed by atoms with Crippen molar-refractivity contribution < 1.29 is 34.0 Å². The van der Waals surface area contributed by atoms with E-state index in [1.165, 1.54) is 31.2 Å². The summed E-state index contributed by atoms with van der Waals surface area (Å²) in [5.41, 5.74) is -1.89. The number of carbonyl (C=O) groups is 2. The number of fused-ring (bicyclic) bond motifs is 2. The molecule has 1 aromatic carbocycles. The van der Waals surface area contributed by atoms with Gasteiger partial charge in [0.2, 0.25) is 0 Å². The van der Waals surface area contributed by atoms with Gasteiger partial charge in [0.15, 0.2) is 0 Å². The van der Waals surface area contributed by atoms with Crippen LogP contribution in [0.2, 0.25) is 0 Å². The van der Waals surface area contributed by atoms with E-state index in [1.807, 2.05) is 27.7 Å². The Bertz CT molecular complexity index is 880. The number of hydrogen-bond acceptors (Lipinski definition) is 7. The number of hydrogen-bond donors (Lipinski definition) is 2. The van der Waals surface area contributed by atoms with Crippen LogP contribution in [-0.2, 0) is 19.0 Å². The number of esters is 2. The lowest BCUT2D eigenvalue weighted by molar-refractivity contribution is -0.155. The van der Waals surface area contributed by atoms with Gasteiger partial charge in [-0.3, -0.25) is 4.79 Å². The fourth-order valence-corrected chi connectivity index (χ4v) is 5.96. The molecule has 0 unspecified atom stereocenters. The monoisotopic (exact) mass is 432 g/mol. The lowest BCUT2D eigenvalue weighted by Crippen LogP contribution is -2.51. The number of carbonyl (C=O) groups excluding carboxylic acids is 2. The maximum Gasteiger partial charge on any atom is 0.338 e. The molecule has 7 nitrogen and oxygen atoms in total. The molecule has 0 bridgehead atoms. The largest absolute Gasteiger partial charge is 0.508 e. The van der Waals surface area contributed by atoms with E-state index in [-0.39, 0.29) is 23.7 Å². The highest BCUT2D eigenvalue weighted by molar-refractivity contribution is 5.89. The van der Waals surface area contributed by atoms with Crippen molar-refractivity contribution in [1.29, 1.82) is 0 Å². The van der Waals surface area contributed by atoms with Gasteiger partial charge in [0.1, 0.15) is 18.0 Å². The average Bonchev–Trinajstić information content (AvgIpc) is 3.23. The van der Waals surface area contributed by atoms with E-state index in [0.29, 0.717) is 24.8 Å². The highest BCUT2D eigenvalue weighted by Gasteiger charge is 2.71. The van der Waals surface area contributed by atoms with Crippen molar-refractivity contribution in [2.24, 2.45) is 17.3 Å². The van der Waals surface area contributed by atoms with Crippen molar-refractivity contribution in [1.82, 2.24) is 0 Å². The summed E-state index contributed by atoms with van der Waals surface area (Å²) in [4.78, 5) is 24.9. The normalized spacial score (nSPS) is 41.1. The Hall–Kier alpha value is -2.12. The minimum absolute atomic E-state index is 0.0371. The molecular weight excluding hydrogens is 400 g/mol. The number of aliphatic hydroxyl groups is 1. The van der Waals surface area contributed by atoms with Crippen LogP contribution in [-0.4, -0.2) is 51.7 Å². The van der Waals surface area contributed by atoms with Crippen molar-refractivity contribution in [3.05, 3.63) is 29.8 Å². The van der Waals surface area contributed by atoms with Crippen LogP contribution < -0.4 is 0 Å². The standard InChI is InChI=1S/C24H32O7/c1-13(2)24(28)12-18(29-14(3)25)22(4)11-19-23(5,31-19)10-17(20(22)24)30-21(27)15-6-8-16(26)9-7-15/h6-9,13,17-20,26,28H,10-12H2,1-5H3/t17-,18-,19-,20+,22+,23-,24-/m0/s1. The van der Waals surface area contributed by atoms with Crippen molar-refractivity contribution in [2.45, 2.75) is 83.4 Å². The van der Waals surface area contributed by atoms with Gasteiger partial charge in [0.25, 0.3) is 0 Å². The van der Waals surface area contributed by atoms with Crippen LogP contribution in [0.25, 0.3) is 0 Å². The minimum Gasteiger partial charge on any atom is -0.508 e. The number of benzene rings is 1. The van der Waals surface area contributed by atoms with Crippen LogP contribution in [0.3, 0.4) is 0 Å². The summed E-state index contributed by atoms with van der Waals surface area (Å²) in [7, 11) is 0. The SMILES string of the molecule is CC(=O)O[C@H]1C[C@](O)(C(C)C)[C@@H]2[C@@H](OC(=O)c3ccc(O)cc3)C[C@]3(C)O[C@H]3C[C@]12C. The molecule has 0 aromatic heterocycles. The summed E-state index contributed by atoms with van der Waals surface area (Å²) in [6.45, 7) is 9.28. The first-order valence-corrected chi connectivity index (χ1v) is 11.0. The average molecular weight is 433 g/mol. The molecule has 1 heterocycles. The van der Waals surface area contributed by atoms with Crippen LogP contribution >= 0.6 is 0 Å². The summed E-state index contributed by atoms with van der Waals surface area (Å²) in [5, 5.41) is 21.4. The molecule has 3 aliphatic rings. The minimum atomic E-state index is -1.16. The zero-order valence-corrected chi connectivity index (χ0v) is 18.8. The number of phenolic OH excluding ortho intramolecular Hbond substituents is 1. The molecule has 2 saturated carbocycles. The second-order valence-electron chi connectivity index (χ2n) is 10.2. The molecule has 3 fully saturated rings. The first-order chi connectivity index (χ1) is 14.4. The summed E-state index contributed by atoms with van der Waals surface area (Å²) in [5.74, 6) is -1.39. The number of rotatable bonds is 4. The number of ether oxygens (including phenoxy) is 3. The lowest BCUT2D eigenvalue weighted by atomic mass is 9.67. The molecule has 0 spiro atoms. The molecular formula is C24H32O7. The molecule has 7 atom stereocenters. The van der Waals surface area contributed by atoms with Crippen LogP contribution in [0.5, 0.6) is 5.75 Å². The molecule has 1 aromatic rings. The van der Waals surface area contributed by atoms with E-state index in [2.05, 4.69) is 0 Å². The summed E-state index contributed by atoms with van der Waals surface area (Å²) < 4.78 is 17.7. The van der Waals surface area contributed by atoms with Gasteiger partial charge in [0, 0.05) is 31.1 Å². The van der Waals surface area contributed by atoms with E-state index in [0.717, 1.165) is 0 Å². The molecule has 4 rings (SSSR count). The Balaban J connectivity index is 1.73. The molecule has 1 saturated heterocycles. The van der Waals surface area contributed by atoms with Crippen molar-refractivity contribution >= 4 is 11.9 Å². The zero-order chi connectivity index (χ0) is 22.8. The van der Waals surface area contributed by atoms with Gasteiger partial charge in [-0.1, -0.05) is 20.8 Å². The molecule has 1 aliphatic heterocycles. The van der Waals surface area contributed by atoms with Gasteiger partial charge in [-0.15, -0.1) is 0 Å². The fraction of sp³-hybridized carbons (Fsp3) is 0.667. The van der Waals surface area contributed by atoms with Gasteiger partial charge in [-0.2, -0.15) is 0 Å². The summed E-state index contributed by atoms with van der Waals surface area (Å²) in [6.07, 6.45) is 0.227. The van der Waals surface area contributed by atoms with Crippen LogP contribution in [0.15, 0.2) is 24.3 Å². The van der Waals surface area contributed by atoms with E-state index >= 15 is 0 Å². The Morgan fingerprint density at radius 3 is 2.32 bits per heavy atom. The smallest absolute Gasteiger partial charge is 0.338 e. The van der Waals surface area contributed by atoms with E-state index in [9.17, 15) is 19.8 Å². The molecule has 2 N–H and O–H groups in total. The summed E-state index contributed by atoms with van der Waals surface area (Å²) in [6, 6.07) is 5.89. The Morgan fingerprint density at radius 1 is 1.10 bits per heavy atom. The van der Waals surface area contributed by atoms with Crippen LogP contribution in [0.1, 0.15) is 64.2 Å². The zero-order valence-electron chi connectivity index (χ0n) is 18.8. The van der Waals surface area contributed by atoms with E-state index < -0.39 is 40.7 Å². The second-order valence-corrected chi connectivity index (χ2v) is 10.2. The first kappa shape index (κ1) is 22.1. The highest BCUT2D eigenvalue weighted by Crippen LogP contribution is 2.64. The fourth-order valence-electron chi connectivity index (χ4n) is 5.96. The third kappa shape index (κ3) is 3.61. The molecule has 0 amide bonds. The van der Waals surface area contributed by atoms with E-state index in [4.69, 9.17) is 14.2 Å². The van der Waals surface area contributed by atoms with Crippen LogP contribution in [0, 0.1) is 17.3 Å². The highest BCUT2D eigenvalue weighted by atomic mass is 16.6. The topological polar surface area (TPSA) is 106 Å². The molecule has 2 aliphatic carbocycles. The Kier molecular flexibility index (Phi) is 5.13. The van der Waals surface area contributed by atoms with Gasteiger partial charge in [0.05, 0.1) is 22.9 Å². The number of phenols is 1. The number of epoxide rings is 1. The summed E-state index contributed by atoms with van der Waals surface area (Å²) >= 11 is 0. The first-order valence-electron chi connectivity index (χ1n) is 11.0. The molecule has 170 valence electrons. The van der Waals surface area contributed by atoms with Crippen LogP contribution in [0.4, 0.5) is 0 Å². The quantitative estimate of drug-likeness (QED) is 0.556. The van der Waals surface area contributed by atoms with Gasteiger partial charge in [-0.05, 0) is 43.5 Å². The Labute approximate surface area is 182 Å². The maximum absolute atomic E-state index is 13.0. The second kappa shape index (κ2) is 7.20. The third-order valence-corrected chi connectivity index (χ3v) is 7.81. The lowest BCUT2D eigenvalue weighted by Gasteiger charge is -2.44. The van der Waals surface area contributed by atoms with Crippen molar-refractivity contribution in [3.8, 4) is 5.75 Å². The predicted octanol–water partition coefficient (Wildman–Crippen LogP) is 3.21.